The molecule has 2 aromatic carbocycles. The van der Waals surface area contributed by atoms with Crippen LogP contribution in [0.25, 0.3) is 0 Å². The molecule has 7 heteroatoms. The van der Waals surface area contributed by atoms with Crippen molar-refractivity contribution in [1.82, 2.24) is 15.3 Å². The number of hydrogen-bond acceptors (Lipinski definition) is 5. The molecule has 1 N–H and O–H groups in total. The largest absolute Gasteiger partial charge is 0.276 e. The maximum atomic E-state index is 12.3. The zero-order valence-corrected chi connectivity index (χ0v) is 13.1. The third-order valence-corrected chi connectivity index (χ3v) is 4.28. The van der Waals surface area contributed by atoms with E-state index in [2.05, 4.69) is 5.43 Å². The second-order valence-corrected chi connectivity index (χ2v) is 5.71. The van der Waals surface area contributed by atoms with E-state index in [9.17, 15) is 19.2 Å². The van der Waals surface area contributed by atoms with E-state index in [1.54, 1.807) is 48.5 Å². The highest BCUT2D eigenvalue weighted by Crippen LogP contribution is 2.23. The van der Waals surface area contributed by atoms with Crippen molar-refractivity contribution in [2.24, 2.45) is 0 Å². The highest BCUT2D eigenvalue weighted by Gasteiger charge is 2.37. The van der Waals surface area contributed by atoms with Crippen LogP contribution in [0.3, 0.4) is 0 Å². The number of carbonyl (C=O) groups is 4. The fourth-order valence-electron chi connectivity index (χ4n) is 3.05. The molecule has 0 aromatic heterocycles. The van der Waals surface area contributed by atoms with Crippen molar-refractivity contribution < 1.29 is 19.2 Å². The molecule has 124 valence electrons. The fourth-order valence-corrected chi connectivity index (χ4v) is 3.05. The van der Waals surface area contributed by atoms with E-state index in [1.165, 1.54) is 0 Å². The zero-order chi connectivity index (χ0) is 17.6. The van der Waals surface area contributed by atoms with Crippen LogP contribution in [0, 0.1) is 0 Å². The van der Waals surface area contributed by atoms with Crippen molar-refractivity contribution in [1.29, 1.82) is 0 Å². The second-order valence-electron chi connectivity index (χ2n) is 5.71. The molecule has 2 aliphatic rings. The van der Waals surface area contributed by atoms with Gasteiger partial charge in [0.15, 0.2) is 0 Å². The summed E-state index contributed by atoms with van der Waals surface area (Å²) in [6, 6.07) is 13.1. The van der Waals surface area contributed by atoms with Gasteiger partial charge in [-0.3, -0.25) is 24.1 Å². The summed E-state index contributed by atoms with van der Waals surface area (Å²) < 4.78 is 0. The van der Waals surface area contributed by atoms with Gasteiger partial charge in [-0.25, -0.2) is 10.4 Å². The Morgan fingerprint density at radius 2 is 1.04 bits per heavy atom. The summed E-state index contributed by atoms with van der Waals surface area (Å²) in [7, 11) is 0. The molecule has 0 saturated carbocycles. The van der Waals surface area contributed by atoms with Crippen molar-refractivity contribution in [3.8, 4) is 0 Å². The first-order chi connectivity index (χ1) is 12.1. The minimum absolute atomic E-state index is 0.0553. The summed E-state index contributed by atoms with van der Waals surface area (Å²) in [6.07, 6.45) is 0. The lowest BCUT2D eigenvalue weighted by Gasteiger charge is -2.18. The van der Waals surface area contributed by atoms with Gasteiger partial charge in [0.1, 0.15) is 0 Å². The quantitative estimate of drug-likeness (QED) is 0.845. The summed E-state index contributed by atoms with van der Waals surface area (Å²) in [4.78, 5) is 50.1. The molecular formula is C18H13N3O4. The first-order valence-electron chi connectivity index (χ1n) is 7.76. The van der Waals surface area contributed by atoms with Gasteiger partial charge in [-0.2, -0.15) is 0 Å². The van der Waals surface area contributed by atoms with Crippen molar-refractivity contribution >= 4 is 23.6 Å². The van der Waals surface area contributed by atoms with Crippen molar-refractivity contribution in [3.05, 3.63) is 70.8 Å². The number of carbonyl (C=O) groups excluding carboxylic acids is 4. The normalized spacial score (nSPS) is 15.8. The van der Waals surface area contributed by atoms with Gasteiger partial charge in [0.25, 0.3) is 23.6 Å². The van der Waals surface area contributed by atoms with E-state index in [0.717, 1.165) is 9.91 Å². The van der Waals surface area contributed by atoms with E-state index in [0.29, 0.717) is 22.3 Å². The lowest BCUT2D eigenvalue weighted by molar-refractivity contribution is 0.0552. The summed E-state index contributed by atoms with van der Waals surface area (Å²) >= 11 is 0. The van der Waals surface area contributed by atoms with E-state index >= 15 is 0 Å². The number of hydrazine groups is 1. The molecule has 7 nitrogen and oxygen atoms in total. The number of hydrogen-bond donors (Lipinski definition) is 1. The van der Waals surface area contributed by atoms with Crippen molar-refractivity contribution in [2.45, 2.75) is 0 Å². The van der Waals surface area contributed by atoms with Crippen LogP contribution in [-0.4, -0.2) is 46.6 Å². The maximum Gasteiger partial charge on any atom is 0.276 e. The smallest absolute Gasteiger partial charge is 0.273 e. The number of rotatable bonds is 4. The molecule has 0 atom stereocenters. The van der Waals surface area contributed by atoms with Crippen LogP contribution >= 0.6 is 0 Å². The monoisotopic (exact) mass is 335 g/mol. The molecule has 2 aromatic rings. The Hall–Kier alpha value is -3.32. The van der Waals surface area contributed by atoms with Gasteiger partial charge in [0.05, 0.1) is 22.3 Å². The number of amides is 4. The average molecular weight is 335 g/mol. The summed E-state index contributed by atoms with van der Waals surface area (Å²) in [5, 5.41) is 0.919. The number of benzene rings is 2. The molecule has 0 spiro atoms. The molecule has 0 radical (unpaired) electrons. The van der Waals surface area contributed by atoms with E-state index in [1.807, 2.05) is 0 Å². The maximum absolute atomic E-state index is 12.3. The van der Waals surface area contributed by atoms with E-state index in [-0.39, 0.29) is 24.9 Å². The highest BCUT2D eigenvalue weighted by atomic mass is 16.2. The van der Waals surface area contributed by atoms with Crippen LogP contribution in [0.5, 0.6) is 0 Å². The molecular weight excluding hydrogens is 322 g/mol. The van der Waals surface area contributed by atoms with Gasteiger partial charge in [-0.15, -0.1) is 0 Å². The number of nitrogens with zero attached hydrogens (tertiary/aromatic N) is 2. The molecule has 0 aliphatic carbocycles. The summed E-state index contributed by atoms with van der Waals surface area (Å²) in [5.74, 6) is -1.62. The van der Waals surface area contributed by atoms with Gasteiger partial charge in [-0.1, -0.05) is 24.3 Å². The molecule has 0 unspecified atom stereocenters. The molecule has 4 rings (SSSR count). The highest BCUT2D eigenvalue weighted by molar-refractivity contribution is 6.22. The number of fused-ring (bicyclic) bond motifs is 2. The minimum atomic E-state index is -0.442. The minimum Gasteiger partial charge on any atom is -0.273 e. The van der Waals surface area contributed by atoms with Crippen molar-refractivity contribution in [3.63, 3.8) is 0 Å². The Labute approximate surface area is 142 Å². The molecule has 0 fully saturated rings. The number of nitrogens with one attached hydrogen (secondary N) is 1. The Morgan fingerprint density at radius 1 is 0.640 bits per heavy atom. The van der Waals surface area contributed by atoms with Crippen LogP contribution < -0.4 is 5.43 Å². The summed E-state index contributed by atoms with van der Waals surface area (Å²) in [6.45, 7) is 0.149. The standard InChI is InChI=1S/C18H13N3O4/c22-15-11-5-1-2-6-12(11)16(23)20(15)10-9-19-21-17(24)13-7-3-4-8-14(13)18(21)25/h1-8,19H,9-10H2. The predicted octanol–water partition coefficient (Wildman–Crippen LogP) is 1.08. The lowest BCUT2D eigenvalue weighted by atomic mass is 10.1. The Morgan fingerprint density at radius 3 is 1.48 bits per heavy atom. The molecule has 0 saturated heterocycles. The first-order valence-corrected chi connectivity index (χ1v) is 7.76. The Kier molecular flexibility index (Phi) is 3.43. The predicted molar refractivity (Wildman–Crippen MR) is 86.8 cm³/mol. The van der Waals surface area contributed by atoms with Crippen LogP contribution in [-0.2, 0) is 0 Å². The van der Waals surface area contributed by atoms with E-state index < -0.39 is 11.8 Å². The van der Waals surface area contributed by atoms with Gasteiger partial charge in [-0.05, 0) is 24.3 Å². The van der Waals surface area contributed by atoms with Gasteiger partial charge in [0, 0.05) is 13.1 Å². The molecule has 25 heavy (non-hydrogen) atoms. The third-order valence-electron chi connectivity index (χ3n) is 4.28. The molecule has 4 amide bonds. The van der Waals surface area contributed by atoms with Crippen LogP contribution in [0.1, 0.15) is 41.4 Å². The first kappa shape index (κ1) is 15.2. The molecule has 2 aliphatic heterocycles. The van der Waals surface area contributed by atoms with E-state index in [4.69, 9.17) is 0 Å². The lowest BCUT2D eigenvalue weighted by Crippen LogP contribution is -2.46. The van der Waals surface area contributed by atoms with Crippen LogP contribution in [0.15, 0.2) is 48.5 Å². The Balaban J connectivity index is 1.43. The second kappa shape index (κ2) is 5.64. The van der Waals surface area contributed by atoms with Crippen LogP contribution in [0.4, 0.5) is 0 Å². The van der Waals surface area contributed by atoms with Gasteiger partial charge < -0.3 is 0 Å². The number of imide groups is 2. The molecule has 0 bridgehead atoms. The average Bonchev–Trinajstić information content (AvgIpc) is 3.03. The van der Waals surface area contributed by atoms with Crippen LogP contribution in [0.2, 0.25) is 0 Å². The van der Waals surface area contributed by atoms with Gasteiger partial charge in [0.2, 0.25) is 0 Å². The van der Waals surface area contributed by atoms with Crippen molar-refractivity contribution in [2.75, 3.05) is 13.1 Å². The SMILES string of the molecule is O=C1c2ccccc2C(=O)N1CCNN1C(=O)c2ccccc2C1=O. The molecule has 2 heterocycles. The zero-order valence-electron chi connectivity index (χ0n) is 13.1. The summed E-state index contributed by atoms with van der Waals surface area (Å²) in [5.41, 5.74) is 4.12. The fraction of sp³-hybridized carbons (Fsp3) is 0.111. The third kappa shape index (κ3) is 2.25. The topological polar surface area (TPSA) is 86.8 Å². The van der Waals surface area contributed by atoms with Gasteiger partial charge >= 0.3 is 0 Å². The Bertz CT molecular complexity index is 792.